The number of phenols is 2. The van der Waals surface area contributed by atoms with Crippen molar-refractivity contribution in [1.29, 1.82) is 0 Å². The smallest absolute Gasteiger partial charge is 0.340 e. The van der Waals surface area contributed by atoms with Crippen molar-refractivity contribution in [3.8, 4) is 23.0 Å². The summed E-state index contributed by atoms with van der Waals surface area (Å²) in [4.78, 5) is 13.0. The molecule has 5 rings (SSSR count). The lowest BCUT2D eigenvalue weighted by molar-refractivity contribution is 0.0224. The Labute approximate surface area is 176 Å². The molecule has 0 bridgehead atoms. The SMILES string of the molecule is O=C1OC2(c3ccc(O)cc3Oc3cc(O)ccc32)c2cccc(C(Br)Br)c21. The van der Waals surface area contributed by atoms with Crippen LogP contribution < -0.4 is 4.74 Å². The molecule has 28 heavy (non-hydrogen) atoms. The second kappa shape index (κ2) is 5.99. The zero-order valence-electron chi connectivity index (χ0n) is 14.1. The van der Waals surface area contributed by atoms with E-state index in [0.29, 0.717) is 33.8 Å². The van der Waals surface area contributed by atoms with Crippen molar-refractivity contribution in [3.05, 3.63) is 82.4 Å². The number of phenolic OH excluding ortho intramolecular Hbond substituents is 2. The summed E-state index contributed by atoms with van der Waals surface area (Å²) in [6, 6.07) is 14.9. The van der Waals surface area contributed by atoms with Crippen LogP contribution in [0.4, 0.5) is 0 Å². The number of rotatable bonds is 1. The second-order valence-corrected chi connectivity index (χ2v) is 9.66. The zero-order chi connectivity index (χ0) is 19.6. The molecule has 2 aliphatic rings. The van der Waals surface area contributed by atoms with Gasteiger partial charge in [-0.15, -0.1) is 0 Å². The van der Waals surface area contributed by atoms with E-state index in [1.807, 2.05) is 18.2 Å². The van der Waals surface area contributed by atoms with Crippen molar-refractivity contribution < 1.29 is 24.5 Å². The Morgan fingerprint density at radius 3 is 2.04 bits per heavy atom. The molecular weight excluding hydrogens is 492 g/mol. The van der Waals surface area contributed by atoms with E-state index in [9.17, 15) is 15.0 Å². The number of esters is 1. The van der Waals surface area contributed by atoms with Gasteiger partial charge in [-0.2, -0.15) is 0 Å². The average molecular weight is 504 g/mol. The molecule has 140 valence electrons. The number of aromatic hydroxyl groups is 2. The van der Waals surface area contributed by atoms with Gasteiger partial charge in [-0.1, -0.05) is 50.1 Å². The van der Waals surface area contributed by atoms with Crippen molar-refractivity contribution in [2.75, 3.05) is 0 Å². The molecule has 0 saturated carbocycles. The number of carbonyl (C=O) groups excluding carboxylic acids is 1. The third-order valence-electron chi connectivity index (χ3n) is 5.07. The quantitative estimate of drug-likeness (QED) is 0.341. The van der Waals surface area contributed by atoms with Crippen molar-refractivity contribution >= 4 is 37.8 Å². The number of fused-ring (bicyclic) bond motifs is 6. The molecule has 0 radical (unpaired) electrons. The van der Waals surface area contributed by atoms with E-state index in [-0.39, 0.29) is 15.2 Å². The van der Waals surface area contributed by atoms with Gasteiger partial charge in [0.2, 0.25) is 0 Å². The lowest BCUT2D eigenvalue weighted by Crippen LogP contribution is -2.32. The predicted octanol–water partition coefficient (Wildman–Crippen LogP) is 5.45. The number of carbonyl (C=O) groups is 1. The Morgan fingerprint density at radius 1 is 0.857 bits per heavy atom. The molecule has 0 fully saturated rings. The fourth-order valence-corrected chi connectivity index (χ4v) is 4.72. The van der Waals surface area contributed by atoms with E-state index in [2.05, 4.69) is 31.9 Å². The summed E-state index contributed by atoms with van der Waals surface area (Å²) < 4.78 is 11.8. The topological polar surface area (TPSA) is 76.0 Å². The standard InChI is InChI=1S/C21H12Br2O5/c22-19(23)12-2-1-3-15-18(12)20(26)28-21(15)13-6-4-10(24)8-16(13)27-17-9-11(25)5-7-14(17)21/h1-9,19,24-25H. The maximum absolute atomic E-state index is 13.0. The number of hydrogen-bond acceptors (Lipinski definition) is 5. The molecule has 0 atom stereocenters. The summed E-state index contributed by atoms with van der Waals surface area (Å²) in [5.41, 5.74) is 1.89. The Hall–Kier alpha value is -2.51. The minimum atomic E-state index is -1.23. The van der Waals surface area contributed by atoms with Crippen LogP contribution in [0.1, 0.15) is 36.3 Å². The lowest BCUT2D eigenvalue weighted by atomic mass is 9.77. The van der Waals surface area contributed by atoms with Crippen molar-refractivity contribution in [2.24, 2.45) is 0 Å². The van der Waals surface area contributed by atoms with Crippen molar-refractivity contribution in [3.63, 3.8) is 0 Å². The van der Waals surface area contributed by atoms with E-state index in [1.54, 1.807) is 12.1 Å². The summed E-state index contributed by atoms with van der Waals surface area (Å²) in [6.45, 7) is 0. The first-order valence-corrected chi connectivity index (χ1v) is 10.2. The fourth-order valence-electron chi connectivity index (χ4n) is 3.95. The maximum atomic E-state index is 13.0. The van der Waals surface area contributed by atoms with Crippen LogP contribution in [0.3, 0.4) is 0 Å². The van der Waals surface area contributed by atoms with Crippen molar-refractivity contribution in [1.82, 2.24) is 0 Å². The molecule has 1 spiro atoms. The van der Waals surface area contributed by atoms with Gasteiger partial charge in [0, 0.05) is 28.8 Å². The first-order valence-electron chi connectivity index (χ1n) is 8.41. The summed E-state index contributed by atoms with van der Waals surface area (Å²) in [6.07, 6.45) is 0. The summed E-state index contributed by atoms with van der Waals surface area (Å²) in [5.74, 6) is 0.319. The maximum Gasteiger partial charge on any atom is 0.340 e. The molecule has 5 nitrogen and oxygen atoms in total. The minimum Gasteiger partial charge on any atom is -0.508 e. The van der Waals surface area contributed by atoms with Crippen LogP contribution in [-0.2, 0) is 10.3 Å². The van der Waals surface area contributed by atoms with Crippen molar-refractivity contribution in [2.45, 2.75) is 9.34 Å². The monoisotopic (exact) mass is 502 g/mol. The lowest BCUT2D eigenvalue weighted by Gasteiger charge is -2.36. The molecule has 0 aliphatic carbocycles. The number of hydrogen-bond donors (Lipinski definition) is 2. The van der Waals surface area contributed by atoms with Crippen LogP contribution in [-0.4, -0.2) is 16.2 Å². The van der Waals surface area contributed by atoms with Crippen LogP contribution >= 0.6 is 31.9 Å². The second-order valence-electron chi connectivity index (χ2n) is 6.60. The Bertz CT molecular complexity index is 1100. The zero-order valence-corrected chi connectivity index (χ0v) is 17.3. The van der Waals surface area contributed by atoms with E-state index in [1.165, 1.54) is 24.3 Å². The van der Waals surface area contributed by atoms with Crippen LogP contribution in [0.5, 0.6) is 23.0 Å². The van der Waals surface area contributed by atoms with E-state index < -0.39 is 11.6 Å². The van der Waals surface area contributed by atoms with E-state index in [4.69, 9.17) is 9.47 Å². The van der Waals surface area contributed by atoms with Crippen LogP contribution in [0.15, 0.2) is 54.6 Å². The normalized spacial score (nSPS) is 15.6. The molecule has 2 N–H and O–H groups in total. The van der Waals surface area contributed by atoms with Crippen LogP contribution in [0, 0.1) is 0 Å². The molecule has 0 amide bonds. The highest BCUT2D eigenvalue weighted by molar-refractivity contribution is 9.24. The molecule has 2 aliphatic heterocycles. The van der Waals surface area contributed by atoms with Gasteiger partial charge < -0.3 is 19.7 Å². The molecule has 3 aromatic rings. The highest BCUT2D eigenvalue weighted by Crippen LogP contribution is 2.58. The summed E-state index contributed by atoms with van der Waals surface area (Å²) in [7, 11) is 0. The number of alkyl halides is 2. The number of benzene rings is 3. The molecular formula is C21H12Br2O5. The van der Waals surface area contributed by atoms with Gasteiger partial charge >= 0.3 is 5.97 Å². The third kappa shape index (κ3) is 2.26. The van der Waals surface area contributed by atoms with E-state index in [0.717, 1.165) is 5.56 Å². The highest BCUT2D eigenvalue weighted by Gasteiger charge is 2.54. The third-order valence-corrected chi connectivity index (χ3v) is 6.06. The van der Waals surface area contributed by atoms with Crippen LogP contribution in [0.2, 0.25) is 0 Å². The largest absolute Gasteiger partial charge is 0.508 e. The highest BCUT2D eigenvalue weighted by atomic mass is 79.9. The van der Waals surface area contributed by atoms with Gasteiger partial charge in [0.05, 0.1) is 9.30 Å². The number of ether oxygens (including phenoxy) is 2. The van der Waals surface area contributed by atoms with Gasteiger partial charge in [0.1, 0.15) is 23.0 Å². The molecule has 7 heteroatoms. The van der Waals surface area contributed by atoms with Gasteiger partial charge in [0.25, 0.3) is 0 Å². The summed E-state index contributed by atoms with van der Waals surface area (Å²) >= 11 is 6.95. The van der Waals surface area contributed by atoms with Gasteiger partial charge in [-0.25, -0.2) is 4.79 Å². The summed E-state index contributed by atoms with van der Waals surface area (Å²) in [5, 5.41) is 19.9. The first kappa shape index (κ1) is 17.6. The van der Waals surface area contributed by atoms with Gasteiger partial charge in [-0.3, -0.25) is 0 Å². The molecule has 2 heterocycles. The Balaban J connectivity index is 1.90. The Morgan fingerprint density at radius 2 is 1.46 bits per heavy atom. The molecule has 0 unspecified atom stereocenters. The average Bonchev–Trinajstić information content (AvgIpc) is 2.95. The predicted molar refractivity (Wildman–Crippen MR) is 109 cm³/mol. The van der Waals surface area contributed by atoms with E-state index >= 15 is 0 Å². The fraction of sp³-hybridized carbons (Fsp3) is 0.0952. The van der Waals surface area contributed by atoms with Gasteiger partial charge in [0.15, 0.2) is 5.60 Å². The Kier molecular flexibility index (Phi) is 3.76. The molecule has 0 saturated heterocycles. The minimum absolute atomic E-state index is 0.0248. The van der Waals surface area contributed by atoms with Crippen LogP contribution in [0.25, 0.3) is 0 Å². The molecule has 0 aromatic heterocycles. The first-order chi connectivity index (χ1) is 13.4. The number of halogens is 2. The van der Waals surface area contributed by atoms with Gasteiger partial charge in [-0.05, 0) is 29.8 Å². The molecule has 3 aromatic carbocycles.